The fourth-order valence-electron chi connectivity index (χ4n) is 2.26. The van der Waals surface area contributed by atoms with E-state index in [0.717, 1.165) is 0 Å². The number of fused-ring (bicyclic) bond motifs is 1. The van der Waals surface area contributed by atoms with Gasteiger partial charge in [0.05, 0.1) is 5.39 Å². The predicted molar refractivity (Wildman–Crippen MR) is 88.2 cm³/mol. The van der Waals surface area contributed by atoms with E-state index in [1.54, 1.807) is 23.8 Å². The van der Waals surface area contributed by atoms with Gasteiger partial charge in [-0.25, -0.2) is 4.98 Å². The summed E-state index contributed by atoms with van der Waals surface area (Å²) in [6.45, 7) is 2.62. The first kappa shape index (κ1) is 16.5. The zero-order valence-electron chi connectivity index (χ0n) is 13.3. The van der Waals surface area contributed by atoms with E-state index in [1.807, 2.05) is 6.92 Å². The van der Waals surface area contributed by atoms with Gasteiger partial charge in [-0.2, -0.15) is 0 Å². The predicted octanol–water partition coefficient (Wildman–Crippen LogP) is 0.356. The van der Waals surface area contributed by atoms with Gasteiger partial charge < -0.3 is 20.4 Å². The van der Waals surface area contributed by atoms with Crippen LogP contribution in [0.15, 0.2) is 16.9 Å². The Morgan fingerprint density at radius 2 is 2.22 bits per heavy atom. The number of nitrogens with zero attached hydrogens (tertiary/aromatic N) is 2. The standard InChI is InChI=1S/C16H18N4O3/c1-4-20-14(17)12(16(22)18-2)13(21)11-8-7-10(19-15(11)20)6-5-9-23-3/h7-8H,4,9,17H2,1-3H3,(H,18,22). The summed E-state index contributed by atoms with van der Waals surface area (Å²) >= 11 is 0. The molecule has 7 nitrogen and oxygen atoms in total. The number of nitrogens with two attached hydrogens (primary N) is 1. The van der Waals surface area contributed by atoms with Crippen LogP contribution in [0, 0.1) is 11.8 Å². The molecular weight excluding hydrogens is 296 g/mol. The molecule has 2 aromatic rings. The summed E-state index contributed by atoms with van der Waals surface area (Å²) < 4.78 is 6.50. The molecule has 0 aliphatic carbocycles. The number of pyridine rings is 2. The molecule has 2 aromatic heterocycles. The summed E-state index contributed by atoms with van der Waals surface area (Å²) in [6.07, 6.45) is 0. The number of carbonyl (C=O) groups is 1. The van der Waals surface area contributed by atoms with E-state index in [0.29, 0.717) is 23.3 Å². The van der Waals surface area contributed by atoms with Crippen molar-refractivity contribution < 1.29 is 9.53 Å². The van der Waals surface area contributed by atoms with Crippen molar-refractivity contribution in [1.82, 2.24) is 14.9 Å². The van der Waals surface area contributed by atoms with Crippen LogP contribution in [0.1, 0.15) is 23.0 Å². The van der Waals surface area contributed by atoms with Crippen LogP contribution < -0.4 is 16.5 Å². The number of aromatic nitrogens is 2. The van der Waals surface area contributed by atoms with Crippen LogP contribution in [-0.2, 0) is 11.3 Å². The third-order valence-electron chi connectivity index (χ3n) is 3.35. The second-order valence-corrected chi connectivity index (χ2v) is 4.72. The highest BCUT2D eigenvalue weighted by molar-refractivity contribution is 6.01. The molecule has 0 fully saturated rings. The van der Waals surface area contributed by atoms with E-state index in [4.69, 9.17) is 10.5 Å². The van der Waals surface area contributed by atoms with E-state index < -0.39 is 11.3 Å². The molecule has 23 heavy (non-hydrogen) atoms. The Kier molecular flexibility index (Phi) is 4.98. The molecule has 0 saturated heterocycles. The van der Waals surface area contributed by atoms with Gasteiger partial charge in [0.2, 0.25) is 5.43 Å². The number of ether oxygens (including phenoxy) is 1. The van der Waals surface area contributed by atoms with Crippen LogP contribution in [0.25, 0.3) is 11.0 Å². The summed E-state index contributed by atoms with van der Waals surface area (Å²) in [5, 5.41) is 2.77. The Morgan fingerprint density at radius 3 is 2.83 bits per heavy atom. The van der Waals surface area contributed by atoms with Crippen LogP contribution in [0.4, 0.5) is 5.82 Å². The van der Waals surface area contributed by atoms with Crippen molar-refractivity contribution in [2.45, 2.75) is 13.5 Å². The van der Waals surface area contributed by atoms with Crippen molar-refractivity contribution in [3.63, 3.8) is 0 Å². The maximum absolute atomic E-state index is 12.5. The first-order valence-corrected chi connectivity index (χ1v) is 7.08. The number of carbonyl (C=O) groups excluding carboxylic acids is 1. The van der Waals surface area contributed by atoms with Gasteiger partial charge >= 0.3 is 0 Å². The SMILES string of the molecule is CCn1c(N)c(C(=O)NC)c(=O)c2ccc(C#CCOC)nc21. The minimum Gasteiger partial charge on any atom is -0.384 e. The number of rotatable bonds is 3. The number of nitrogens with one attached hydrogen (secondary N) is 1. The van der Waals surface area contributed by atoms with Crippen molar-refractivity contribution in [2.24, 2.45) is 0 Å². The fourth-order valence-corrected chi connectivity index (χ4v) is 2.26. The van der Waals surface area contributed by atoms with E-state index in [-0.39, 0.29) is 18.0 Å². The smallest absolute Gasteiger partial charge is 0.258 e. The van der Waals surface area contributed by atoms with Crippen molar-refractivity contribution in [3.05, 3.63) is 33.6 Å². The van der Waals surface area contributed by atoms with Gasteiger partial charge in [-0.3, -0.25) is 9.59 Å². The molecule has 0 spiro atoms. The van der Waals surface area contributed by atoms with Gasteiger partial charge in [-0.1, -0.05) is 5.92 Å². The van der Waals surface area contributed by atoms with Gasteiger partial charge in [-0.15, -0.1) is 0 Å². The molecular formula is C16H18N4O3. The third-order valence-corrected chi connectivity index (χ3v) is 3.35. The molecule has 0 atom stereocenters. The van der Waals surface area contributed by atoms with Crippen molar-refractivity contribution >= 4 is 22.8 Å². The van der Waals surface area contributed by atoms with Gasteiger partial charge in [0.25, 0.3) is 5.91 Å². The Bertz CT molecular complexity index is 875. The number of hydrogen-bond acceptors (Lipinski definition) is 5. The molecule has 120 valence electrons. The molecule has 0 bridgehead atoms. The van der Waals surface area contributed by atoms with Crippen LogP contribution in [0.2, 0.25) is 0 Å². The zero-order chi connectivity index (χ0) is 17.0. The maximum Gasteiger partial charge on any atom is 0.258 e. The van der Waals surface area contributed by atoms with E-state index in [1.165, 1.54) is 7.05 Å². The monoisotopic (exact) mass is 314 g/mol. The minimum atomic E-state index is -0.513. The Labute approximate surface area is 133 Å². The number of hydrogen-bond donors (Lipinski definition) is 2. The summed E-state index contributed by atoms with van der Waals surface area (Å²) in [6, 6.07) is 3.25. The molecule has 2 rings (SSSR count). The molecule has 3 N–H and O–H groups in total. The fraction of sp³-hybridized carbons (Fsp3) is 0.312. The largest absolute Gasteiger partial charge is 0.384 e. The summed E-state index contributed by atoms with van der Waals surface area (Å²) in [7, 11) is 3.01. The number of methoxy groups -OCH3 is 1. The van der Waals surface area contributed by atoms with E-state index in [2.05, 4.69) is 22.1 Å². The molecule has 0 aliphatic rings. The highest BCUT2D eigenvalue weighted by atomic mass is 16.5. The molecule has 7 heteroatoms. The second-order valence-electron chi connectivity index (χ2n) is 4.72. The first-order chi connectivity index (χ1) is 11.0. The van der Waals surface area contributed by atoms with Crippen LogP contribution in [0.5, 0.6) is 0 Å². The summed E-state index contributed by atoms with van der Waals surface area (Å²) in [5.41, 5.74) is 6.42. The van der Waals surface area contributed by atoms with E-state index in [9.17, 15) is 9.59 Å². The van der Waals surface area contributed by atoms with E-state index >= 15 is 0 Å². The first-order valence-electron chi connectivity index (χ1n) is 7.08. The van der Waals surface area contributed by atoms with Crippen molar-refractivity contribution in [3.8, 4) is 11.8 Å². The quantitative estimate of drug-likeness (QED) is 0.797. The molecule has 0 aliphatic heterocycles. The van der Waals surface area contributed by atoms with Crippen molar-refractivity contribution in [1.29, 1.82) is 0 Å². The zero-order valence-corrected chi connectivity index (χ0v) is 13.3. The summed E-state index contributed by atoms with van der Waals surface area (Å²) in [5.74, 6) is 5.24. The average Bonchev–Trinajstić information content (AvgIpc) is 2.55. The van der Waals surface area contributed by atoms with Gasteiger partial charge in [-0.05, 0) is 25.0 Å². The van der Waals surface area contributed by atoms with Crippen LogP contribution in [0.3, 0.4) is 0 Å². The molecule has 0 aromatic carbocycles. The second kappa shape index (κ2) is 6.94. The topological polar surface area (TPSA) is 99.2 Å². The third kappa shape index (κ3) is 3.03. The lowest BCUT2D eigenvalue weighted by atomic mass is 10.1. The molecule has 0 saturated carbocycles. The maximum atomic E-state index is 12.5. The number of nitrogen functional groups attached to an aromatic ring is 1. The number of anilines is 1. The van der Waals surface area contributed by atoms with Crippen LogP contribution >= 0.6 is 0 Å². The molecule has 0 radical (unpaired) electrons. The number of aryl methyl sites for hydroxylation is 1. The number of amides is 1. The van der Waals surface area contributed by atoms with Crippen molar-refractivity contribution in [2.75, 3.05) is 26.5 Å². The minimum absolute atomic E-state index is 0.0677. The molecule has 2 heterocycles. The Morgan fingerprint density at radius 1 is 1.48 bits per heavy atom. The lowest BCUT2D eigenvalue weighted by Crippen LogP contribution is -2.30. The Hall–Kier alpha value is -2.85. The van der Waals surface area contributed by atoms with Crippen LogP contribution in [-0.4, -0.2) is 36.2 Å². The van der Waals surface area contributed by atoms with Gasteiger partial charge in [0.15, 0.2) is 0 Å². The van der Waals surface area contributed by atoms with Gasteiger partial charge in [0.1, 0.15) is 29.3 Å². The van der Waals surface area contributed by atoms with Gasteiger partial charge in [0, 0.05) is 20.7 Å². The highest BCUT2D eigenvalue weighted by Gasteiger charge is 2.20. The molecule has 0 unspecified atom stereocenters. The normalized spacial score (nSPS) is 10.2. The molecule has 1 amide bonds. The lowest BCUT2D eigenvalue weighted by Gasteiger charge is -2.14. The summed E-state index contributed by atoms with van der Waals surface area (Å²) in [4.78, 5) is 28.9. The average molecular weight is 314 g/mol. The Balaban J connectivity index is 2.77. The lowest BCUT2D eigenvalue weighted by molar-refractivity contribution is 0.0962. The highest BCUT2D eigenvalue weighted by Crippen LogP contribution is 2.17.